The number of aromatic nitrogens is 1. The van der Waals surface area contributed by atoms with Crippen molar-refractivity contribution >= 4 is 41.3 Å². The number of hydrogen-bond acceptors (Lipinski definition) is 3. The molecule has 4 nitrogen and oxygen atoms in total. The van der Waals surface area contributed by atoms with Crippen molar-refractivity contribution < 1.29 is 8.42 Å². The van der Waals surface area contributed by atoms with Crippen LogP contribution in [0.15, 0.2) is 59.6 Å². The summed E-state index contributed by atoms with van der Waals surface area (Å²) in [5.74, 6) is 0. The number of nitrogens with zero attached hydrogens (tertiary/aromatic N) is 2. The minimum atomic E-state index is -3.68. The van der Waals surface area contributed by atoms with E-state index in [0.29, 0.717) is 18.6 Å². The standard InChI is InChI=1S/C22H25ClN2O2SSi/c1-3-29(4-2)20-15-25(14-17-9-5-11-18(23)21(17)20)28(26,27)19-12-6-8-16-10-7-13-24-22(16)19/h5-13,20,29H,3-4,14-15H2,1-2H3. The highest BCUT2D eigenvalue weighted by atomic mass is 35.5. The summed E-state index contributed by atoms with van der Waals surface area (Å²) in [6, 6.07) is 17.2. The third-order valence-electron chi connectivity index (χ3n) is 6.09. The second-order valence-corrected chi connectivity index (χ2v) is 13.9. The molecule has 0 fully saturated rings. The lowest BCUT2D eigenvalue weighted by Crippen LogP contribution is -2.43. The molecule has 2 heterocycles. The van der Waals surface area contributed by atoms with Gasteiger partial charge in [-0.25, -0.2) is 8.42 Å². The molecule has 0 radical (unpaired) electrons. The molecule has 1 aliphatic heterocycles. The van der Waals surface area contributed by atoms with E-state index in [1.807, 2.05) is 36.4 Å². The first kappa shape index (κ1) is 20.5. The smallest absolute Gasteiger partial charge is 0.245 e. The van der Waals surface area contributed by atoms with Gasteiger partial charge >= 0.3 is 0 Å². The van der Waals surface area contributed by atoms with Crippen LogP contribution in [0.25, 0.3) is 10.9 Å². The van der Waals surface area contributed by atoms with Crippen LogP contribution in [-0.2, 0) is 16.6 Å². The maximum Gasteiger partial charge on any atom is 0.245 e. The highest BCUT2D eigenvalue weighted by Crippen LogP contribution is 2.39. The van der Waals surface area contributed by atoms with Crippen molar-refractivity contribution in [3.8, 4) is 0 Å². The van der Waals surface area contributed by atoms with Crippen molar-refractivity contribution in [2.75, 3.05) is 6.54 Å². The summed E-state index contributed by atoms with van der Waals surface area (Å²) in [4.78, 5) is 4.65. The SMILES string of the molecule is CC[SiH](CC)C1CN(S(=O)(=O)c2cccc3cccnc23)Cc2cccc(Cl)c21. The normalized spacial score (nSPS) is 17.6. The zero-order valence-corrected chi connectivity index (χ0v) is 19.4. The summed E-state index contributed by atoms with van der Waals surface area (Å²) in [7, 11) is -4.88. The summed E-state index contributed by atoms with van der Waals surface area (Å²) in [6.07, 6.45) is 1.65. The van der Waals surface area contributed by atoms with Crippen LogP contribution in [0, 0.1) is 0 Å². The van der Waals surface area contributed by atoms with E-state index in [2.05, 4.69) is 18.8 Å². The molecule has 1 unspecified atom stereocenters. The number of fused-ring (bicyclic) bond motifs is 2. The third-order valence-corrected chi connectivity index (χ3v) is 12.0. The minimum absolute atomic E-state index is 0.222. The highest BCUT2D eigenvalue weighted by Gasteiger charge is 2.38. The quantitative estimate of drug-likeness (QED) is 0.521. The van der Waals surface area contributed by atoms with Gasteiger partial charge in [0.2, 0.25) is 10.0 Å². The van der Waals surface area contributed by atoms with Gasteiger partial charge in [0, 0.05) is 38.5 Å². The zero-order chi connectivity index (χ0) is 20.6. The van der Waals surface area contributed by atoms with Crippen LogP contribution in [0.2, 0.25) is 17.1 Å². The number of hydrogen-bond donors (Lipinski definition) is 0. The molecule has 152 valence electrons. The Balaban J connectivity index is 1.83. The first-order chi connectivity index (χ1) is 14.0. The molecule has 7 heteroatoms. The Bertz CT molecular complexity index is 1140. The largest absolute Gasteiger partial charge is 0.255 e. The van der Waals surface area contributed by atoms with E-state index in [1.165, 1.54) is 5.56 Å². The van der Waals surface area contributed by atoms with Gasteiger partial charge in [-0.1, -0.05) is 67.9 Å². The molecular formula is C22H25ClN2O2SSi. The van der Waals surface area contributed by atoms with Crippen LogP contribution in [-0.4, -0.2) is 33.0 Å². The molecule has 0 aliphatic carbocycles. The number of pyridine rings is 1. The molecular weight excluding hydrogens is 420 g/mol. The van der Waals surface area contributed by atoms with Crippen LogP contribution in [0.5, 0.6) is 0 Å². The van der Waals surface area contributed by atoms with Gasteiger partial charge in [0.05, 0.1) is 5.52 Å². The minimum Gasteiger partial charge on any atom is -0.255 e. The van der Waals surface area contributed by atoms with E-state index >= 15 is 0 Å². The van der Waals surface area contributed by atoms with Gasteiger partial charge in [0.15, 0.2) is 0 Å². The lowest BCUT2D eigenvalue weighted by molar-refractivity contribution is 0.383. The molecule has 29 heavy (non-hydrogen) atoms. The number of rotatable bonds is 5. The van der Waals surface area contributed by atoms with E-state index < -0.39 is 18.8 Å². The molecule has 3 aromatic rings. The van der Waals surface area contributed by atoms with Crippen molar-refractivity contribution in [3.05, 3.63) is 70.9 Å². The van der Waals surface area contributed by atoms with Gasteiger partial charge in [0.1, 0.15) is 4.90 Å². The number of para-hydroxylation sites is 1. The predicted molar refractivity (Wildman–Crippen MR) is 122 cm³/mol. The first-order valence-corrected chi connectivity index (χ1v) is 14.2. The fourth-order valence-electron chi connectivity index (χ4n) is 4.55. The fourth-order valence-corrected chi connectivity index (χ4v) is 9.88. The van der Waals surface area contributed by atoms with Crippen molar-refractivity contribution in [1.29, 1.82) is 0 Å². The zero-order valence-electron chi connectivity index (χ0n) is 16.7. The Morgan fingerprint density at radius 3 is 2.59 bits per heavy atom. The Hall–Kier alpha value is -1.73. The molecule has 1 aromatic heterocycles. The Labute approximate surface area is 179 Å². The van der Waals surface area contributed by atoms with Crippen LogP contribution < -0.4 is 0 Å². The van der Waals surface area contributed by atoms with Crippen molar-refractivity contribution in [1.82, 2.24) is 9.29 Å². The predicted octanol–water partition coefficient (Wildman–Crippen LogP) is 4.98. The molecule has 4 rings (SSSR count). The lowest BCUT2D eigenvalue weighted by atomic mass is 10.0. The van der Waals surface area contributed by atoms with E-state index in [0.717, 1.165) is 28.1 Å². The maximum atomic E-state index is 13.7. The number of sulfonamides is 1. The summed E-state index contributed by atoms with van der Waals surface area (Å²) >= 11 is 6.60. The van der Waals surface area contributed by atoms with Gasteiger partial charge in [-0.15, -0.1) is 0 Å². The summed E-state index contributed by atoms with van der Waals surface area (Å²) in [5.41, 5.74) is 2.96. The molecule has 0 saturated heterocycles. The Morgan fingerprint density at radius 2 is 1.83 bits per heavy atom. The van der Waals surface area contributed by atoms with Gasteiger partial charge in [-0.2, -0.15) is 4.31 Å². The molecule has 0 bridgehead atoms. The maximum absolute atomic E-state index is 13.7. The first-order valence-electron chi connectivity index (χ1n) is 10.1. The van der Waals surface area contributed by atoms with Gasteiger partial charge in [-0.05, 0) is 34.9 Å². The molecule has 1 atom stereocenters. The highest BCUT2D eigenvalue weighted by molar-refractivity contribution is 7.89. The molecule has 0 spiro atoms. The van der Waals surface area contributed by atoms with Gasteiger partial charge in [-0.3, -0.25) is 4.98 Å². The van der Waals surface area contributed by atoms with Crippen LogP contribution in [0.3, 0.4) is 0 Å². The van der Waals surface area contributed by atoms with Crippen molar-refractivity contribution in [2.24, 2.45) is 0 Å². The van der Waals surface area contributed by atoms with Gasteiger partial charge in [0.25, 0.3) is 0 Å². The lowest BCUT2D eigenvalue weighted by Gasteiger charge is -2.37. The number of benzene rings is 2. The summed E-state index contributed by atoms with van der Waals surface area (Å²) < 4.78 is 29.1. The molecule has 0 N–H and O–H groups in total. The topological polar surface area (TPSA) is 50.3 Å². The molecule has 2 aromatic carbocycles. The second-order valence-electron chi connectivity index (χ2n) is 7.62. The van der Waals surface area contributed by atoms with Crippen molar-refractivity contribution in [3.63, 3.8) is 0 Å². The van der Waals surface area contributed by atoms with Crippen molar-refractivity contribution in [2.45, 2.75) is 42.9 Å². The summed E-state index contributed by atoms with van der Waals surface area (Å²) in [5, 5.41) is 1.61. The Kier molecular flexibility index (Phi) is 5.80. The average Bonchev–Trinajstić information content (AvgIpc) is 2.74. The van der Waals surface area contributed by atoms with Crippen LogP contribution in [0.4, 0.5) is 0 Å². The fraction of sp³-hybridized carbons (Fsp3) is 0.318. The summed E-state index contributed by atoms with van der Waals surface area (Å²) in [6.45, 7) is 5.30. The molecule has 1 aliphatic rings. The molecule has 0 saturated carbocycles. The number of halogens is 1. The monoisotopic (exact) mass is 444 g/mol. The molecule has 0 amide bonds. The Morgan fingerprint density at radius 1 is 1.10 bits per heavy atom. The average molecular weight is 445 g/mol. The van der Waals surface area contributed by atoms with E-state index in [4.69, 9.17) is 11.6 Å². The third kappa shape index (κ3) is 3.63. The van der Waals surface area contributed by atoms with E-state index in [9.17, 15) is 8.42 Å². The van der Waals surface area contributed by atoms with Crippen LogP contribution in [0.1, 0.15) is 30.5 Å². The second kappa shape index (κ2) is 8.18. The van der Waals surface area contributed by atoms with Crippen LogP contribution >= 0.6 is 11.6 Å². The van der Waals surface area contributed by atoms with E-state index in [1.54, 1.807) is 22.6 Å². The van der Waals surface area contributed by atoms with E-state index in [-0.39, 0.29) is 10.4 Å². The van der Waals surface area contributed by atoms with Gasteiger partial charge < -0.3 is 0 Å².